The number of ketones is 1. The number of benzene rings is 2. The summed E-state index contributed by atoms with van der Waals surface area (Å²) in [6.45, 7) is 5.84. The number of esters is 1. The summed E-state index contributed by atoms with van der Waals surface area (Å²) >= 11 is 0. The maximum atomic E-state index is 14.0. The van der Waals surface area contributed by atoms with Gasteiger partial charge in [-0.25, -0.2) is 4.79 Å². The maximum absolute atomic E-state index is 14.0. The number of cyclic esters (lactones) is 1. The molecule has 0 amide bonds. The van der Waals surface area contributed by atoms with Gasteiger partial charge >= 0.3 is 5.97 Å². The molecule has 4 bridgehead atoms. The fourth-order valence-corrected chi connectivity index (χ4v) is 8.01. The highest BCUT2D eigenvalue weighted by Crippen LogP contribution is 2.73. The van der Waals surface area contributed by atoms with Gasteiger partial charge in [-0.05, 0) is 48.4 Å². The number of carbonyl (C=O) groups excluding carboxylic acids is 2. The van der Waals surface area contributed by atoms with E-state index in [0.29, 0.717) is 39.1 Å². The van der Waals surface area contributed by atoms with Gasteiger partial charge in [0.05, 0.1) is 50.5 Å². The highest BCUT2D eigenvalue weighted by atomic mass is 16.6. The lowest BCUT2D eigenvalue weighted by Gasteiger charge is -2.60. The third-order valence-corrected chi connectivity index (χ3v) is 9.69. The van der Waals surface area contributed by atoms with Crippen LogP contribution >= 0.6 is 0 Å². The number of rotatable bonds is 10. The minimum Gasteiger partial charge on any atom is -0.497 e. The molecule has 1 spiro atoms. The van der Waals surface area contributed by atoms with Crippen LogP contribution in [-0.2, 0) is 41.8 Å². The molecule has 0 radical (unpaired) electrons. The molecule has 2 heterocycles. The highest BCUT2D eigenvalue weighted by molar-refractivity contribution is 5.99. The van der Waals surface area contributed by atoms with E-state index in [1.54, 1.807) is 7.11 Å². The fourth-order valence-electron chi connectivity index (χ4n) is 8.01. The van der Waals surface area contributed by atoms with Crippen LogP contribution in [-0.4, -0.2) is 50.4 Å². The Bertz CT molecular complexity index is 1220. The Balaban J connectivity index is 1.30. The van der Waals surface area contributed by atoms with Gasteiger partial charge in [-0.15, -0.1) is 0 Å². The first kappa shape index (κ1) is 26.5. The molecule has 2 aliphatic heterocycles. The monoisotopic (exact) mass is 534 g/mol. The van der Waals surface area contributed by atoms with Gasteiger partial charge in [-0.3, -0.25) is 4.79 Å². The van der Waals surface area contributed by atoms with E-state index in [2.05, 4.69) is 13.8 Å². The van der Waals surface area contributed by atoms with Crippen LogP contribution in [0.2, 0.25) is 0 Å². The molecule has 39 heavy (non-hydrogen) atoms. The summed E-state index contributed by atoms with van der Waals surface area (Å²) in [6, 6.07) is 17.8. The molecular formula is C32H38O7. The van der Waals surface area contributed by atoms with E-state index in [-0.39, 0.29) is 30.9 Å². The fraction of sp³-hybridized carbons (Fsp3) is 0.562. The summed E-state index contributed by atoms with van der Waals surface area (Å²) in [5.41, 5.74) is -1.38. The van der Waals surface area contributed by atoms with Gasteiger partial charge < -0.3 is 23.7 Å². The molecule has 0 unspecified atom stereocenters. The van der Waals surface area contributed by atoms with Crippen LogP contribution in [0, 0.1) is 22.2 Å². The second-order valence-electron chi connectivity index (χ2n) is 12.5. The Morgan fingerprint density at radius 3 is 2.41 bits per heavy atom. The SMILES string of the molecule is COc1ccc(COCC(C)(C)[C@@H]2O[C@@]34C[C@@H]5CC[C@]3(C(=O)C5)[C@]2(COCc2ccccc2)COC4=O)cc1. The lowest BCUT2D eigenvalue weighted by molar-refractivity contribution is -0.223. The van der Waals surface area contributed by atoms with Crippen molar-refractivity contribution in [1.29, 1.82) is 0 Å². The van der Waals surface area contributed by atoms with Gasteiger partial charge in [0.1, 0.15) is 18.1 Å². The first-order valence-electron chi connectivity index (χ1n) is 14.0. The van der Waals surface area contributed by atoms with Crippen molar-refractivity contribution in [2.24, 2.45) is 22.2 Å². The van der Waals surface area contributed by atoms with Crippen molar-refractivity contribution in [3.05, 3.63) is 65.7 Å². The second kappa shape index (κ2) is 9.72. The molecule has 2 aromatic rings. The number of fused-ring (bicyclic) bond motifs is 2. The minimum absolute atomic E-state index is 0.116. The standard InChI is InChI=1S/C32H38O7/c1-29(2,19-36-18-23-9-11-25(35-3)12-10-23)27-30(20-37-17-22-7-5-4-6-8-22)21-38-28(34)32(39-27)16-24-13-14-31(30,32)26(33)15-24/h4-12,24,27H,13-21H2,1-3H3/t24-,27+,30-,31+,32-/m1/s1. The largest absolute Gasteiger partial charge is 0.497 e. The lowest BCUT2D eigenvalue weighted by Crippen LogP contribution is -2.72. The Morgan fingerprint density at radius 1 is 0.974 bits per heavy atom. The minimum atomic E-state index is -1.24. The zero-order valence-corrected chi connectivity index (χ0v) is 23.1. The molecule has 0 N–H and O–H groups in total. The number of carbonyl (C=O) groups is 2. The first-order chi connectivity index (χ1) is 18.8. The van der Waals surface area contributed by atoms with E-state index in [4.69, 9.17) is 23.7 Å². The van der Waals surface area contributed by atoms with E-state index in [1.807, 2.05) is 54.6 Å². The van der Waals surface area contributed by atoms with Gasteiger partial charge in [-0.1, -0.05) is 56.3 Å². The van der Waals surface area contributed by atoms with Gasteiger partial charge in [0.15, 0.2) is 5.60 Å². The van der Waals surface area contributed by atoms with Crippen LogP contribution in [0.5, 0.6) is 5.75 Å². The first-order valence-corrected chi connectivity index (χ1v) is 14.0. The number of hydrogen-bond donors (Lipinski definition) is 0. The van der Waals surface area contributed by atoms with Crippen molar-refractivity contribution in [2.45, 2.75) is 64.4 Å². The van der Waals surface area contributed by atoms with Crippen molar-refractivity contribution in [2.75, 3.05) is 26.9 Å². The average Bonchev–Trinajstić information content (AvgIpc) is 3.14. The van der Waals surface area contributed by atoms with Gasteiger partial charge in [0.25, 0.3) is 0 Å². The smallest absolute Gasteiger partial charge is 0.339 e. The highest BCUT2D eigenvalue weighted by Gasteiger charge is 2.85. The molecular weight excluding hydrogens is 496 g/mol. The summed E-state index contributed by atoms with van der Waals surface area (Å²) in [5.74, 6) is 0.716. The molecule has 0 aromatic heterocycles. The summed E-state index contributed by atoms with van der Waals surface area (Å²) in [7, 11) is 1.65. The second-order valence-corrected chi connectivity index (χ2v) is 12.5. The van der Waals surface area contributed by atoms with Crippen LogP contribution in [0.3, 0.4) is 0 Å². The van der Waals surface area contributed by atoms with Crippen molar-refractivity contribution in [3.8, 4) is 5.75 Å². The summed E-state index contributed by atoms with van der Waals surface area (Å²) < 4.78 is 30.7. The van der Waals surface area contributed by atoms with E-state index in [1.165, 1.54) is 0 Å². The predicted octanol–water partition coefficient (Wildman–Crippen LogP) is 4.89. The van der Waals surface area contributed by atoms with Crippen molar-refractivity contribution in [3.63, 3.8) is 0 Å². The molecule has 3 saturated carbocycles. The average molecular weight is 535 g/mol. The van der Waals surface area contributed by atoms with Crippen molar-refractivity contribution >= 4 is 11.8 Å². The number of ether oxygens (including phenoxy) is 5. The molecule has 5 fully saturated rings. The zero-order valence-electron chi connectivity index (χ0n) is 23.1. The molecule has 7 heteroatoms. The number of hydrogen-bond acceptors (Lipinski definition) is 7. The van der Waals surface area contributed by atoms with E-state index in [0.717, 1.165) is 23.3 Å². The van der Waals surface area contributed by atoms with Crippen LogP contribution in [0.25, 0.3) is 0 Å². The van der Waals surface area contributed by atoms with Crippen LogP contribution < -0.4 is 4.74 Å². The van der Waals surface area contributed by atoms with Crippen LogP contribution in [0.15, 0.2) is 54.6 Å². The maximum Gasteiger partial charge on any atom is 0.339 e. The summed E-state index contributed by atoms with van der Waals surface area (Å²) in [6.07, 6.45) is 2.14. The van der Waals surface area contributed by atoms with Crippen LogP contribution in [0.1, 0.15) is 50.7 Å². The Hall–Kier alpha value is -2.74. The quantitative estimate of drug-likeness (QED) is 0.401. The molecule has 7 nitrogen and oxygen atoms in total. The summed E-state index contributed by atoms with van der Waals surface area (Å²) in [4.78, 5) is 27.5. The van der Waals surface area contributed by atoms with Gasteiger partial charge in [-0.2, -0.15) is 0 Å². The Kier molecular flexibility index (Phi) is 6.60. The third-order valence-electron chi connectivity index (χ3n) is 9.69. The van der Waals surface area contributed by atoms with E-state index in [9.17, 15) is 9.59 Å². The Labute approximate surface area is 230 Å². The van der Waals surface area contributed by atoms with E-state index >= 15 is 0 Å². The van der Waals surface area contributed by atoms with Crippen molar-refractivity contribution < 1.29 is 33.3 Å². The molecule has 208 valence electrons. The molecule has 7 rings (SSSR count). The van der Waals surface area contributed by atoms with Crippen molar-refractivity contribution in [1.82, 2.24) is 0 Å². The van der Waals surface area contributed by atoms with Gasteiger partial charge in [0, 0.05) is 11.8 Å². The third kappa shape index (κ3) is 3.96. The molecule has 2 saturated heterocycles. The molecule has 2 aromatic carbocycles. The van der Waals surface area contributed by atoms with E-state index < -0.39 is 27.9 Å². The van der Waals surface area contributed by atoms with Gasteiger partial charge in [0.2, 0.25) is 0 Å². The Morgan fingerprint density at radius 2 is 1.69 bits per heavy atom. The molecule has 3 aliphatic carbocycles. The number of methoxy groups -OCH3 is 1. The summed E-state index contributed by atoms with van der Waals surface area (Å²) in [5, 5.41) is 0. The predicted molar refractivity (Wildman–Crippen MR) is 143 cm³/mol. The topological polar surface area (TPSA) is 80.3 Å². The van der Waals surface area contributed by atoms with Crippen LogP contribution in [0.4, 0.5) is 0 Å². The molecule has 5 atom stereocenters. The zero-order chi connectivity index (χ0) is 27.3. The molecule has 5 aliphatic rings. The normalized spacial score (nSPS) is 33.1. The number of Topliss-reactive ketones (excluding diaryl/α,β-unsaturated/α-hetero) is 1. The lowest BCUT2D eigenvalue weighted by atomic mass is 9.42.